The molecule has 1 aliphatic carbocycles. The lowest BCUT2D eigenvalue weighted by Crippen LogP contribution is -2.40. The van der Waals surface area contributed by atoms with Crippen LogP contribution in [0.1, 0.15) is 71.3 Å². The van der Waals surface area contributed by atoms with E-state index in [-0.39, 0.29) is 5.91 Å². The lowest BCUT2D eigenvalue weighted by molar-refractivity contribution is -0.152. The van der Waals surface area contributed by atoms with Crippen molar-refractivity contribution in [1.82, 2.24) is 4.90 Å². The van der Waals surface area contributed by atoms with Crippen molar-refractivity contribution in [3.8, 4) is 5.75 Å². The molecule has 2 aromatic carbocycles. The number of carbonyl (C=O) groups is 2. The molecule has 1 fully saturated rings. The first-order chi connectivity index (χ1) is 16.7. The third-order valence-corrected chi connectivity index (χ3v) is 7.77. The van der Waals surface area contributed by atoms with Crippen LogP contribution in [0.25, 0.3) is 0 Å². The minimum Gasteiger partial charge on any atom is -0.478 e. The number of nitrogens with zero attached hydrogens (tertiary/aromatic N) is 2. The molecule has 2 aromatic rings. The van der Waals surface area contributed by atoms with Gasteiger partial charge in [0.15, 0.2) is 5.60 Å². The number of amidine groups is 1. The number of ether oxygens (including phenoxy) is 1. The molecule has 0 saturated heterocycles. The Labute approximate surface area is 211 Å². The van der Waals surface area contributed by atoms with E-state index in [4.69, 9.17) is 9.73 Å². The quantitative estimate of drug-likeness (QED) is 0.418. The number of carboxylic acid groups (broad SMARTS) is 1. The number of aliphatic carboxylic acids is 1. The molecule has 2 aliphatic rings. The Morgan fingerprint density at radius 2 is 1.83 bits per heavy atom. The molecule has 7 heteroatoms. The predicted molar refractivity (Wildman–Crippen MR) is 138 cm³/mol. The molecule has 0 atom stereocenters. The number of para-hydroxylation sites is 1. The first kappa shape index (κ1) is 25.3. The number of rotatable bonds is 10. The van der Waals surface area contributed by atoms with Gasteiger partial charge in [0.25, 0.3) is 5.91 Å². The van der Waals surface area contributed by atoms with Gasteiger partial charge in [-0.05, 0) is 62.9 Å². The number of aliphatic imine (C=N–C) groups is 1. The maximum atomic E-state index is 13.4. The van der Waals surface area contributed by atoms with Crippen molar-refractivity contribution >= 4 is 29.5 Å². The van der Waals surface area contributed by atoms with Crippen LogP contribution in [0.15, 0.2) is 63.3 Å². The van der Waals surface area contributed by atoms with Gasteiger partial charge >= 0.3 is 5.97 Å². The molecular weight excluding hydrogens is 460 g/mol. The number of hydrogen-bond donors (Lipinski definition) is 1. The minimum absolute atomic E-state index is 0.173. The molecule has 1 saturated carbocycles. The molecule has 4 rings (SSSR count). The van der Waals surface area contributed by atoms with Crippen LogP contribution in [0.4, 0.5) is 0 Å². The summed E-state index contributed by atoms with van der Waals surface area (Å²) in [5.41, 5.74) is -0.762. The first-order valence-corrected chi connectivity index (χ1v) is 13.2. The van der Waals surface area contributed by atoms with Crippen molar-refractivity contribution in [2.75, 3.05) is 0 Å². The molecule has 1 amide bonds. The highest BCUT2D eigenvalue weighted by Gasteiger charge is 2.49. The summed E-state index contributed by atoms with van der Waals surface area (Å²) in [5.74, 6) is 0.644. The van der Waals surface area contributed by atoms with Gasteiger partial charge in [-0.25, -0.2) is 4.79 Å². The third kappa shape index (κ3) is 5.56. The fraction of sp³-hybridized carbons (Fsp3) is 0.464. The Morgan fingerprint density at radius 3 is 2.49 bits per heavy atom. The Hall–Kier alpha value is -2.80. The highest BCUT2D eigenvalue weighted by atomic mass is 32.2. The van der Waals surface area contributed by atoms with Crippen LogP contribution in [-0.2, 0) is 16.1 Å². The van der Waals surface area contributed by atoms with Crippen molar-refractivity contribution in [2.45, 2.75) is 93.2 Å². The largest absolute Gasteiger partial charge is 0.478 e. The van der Waals surface area contributed by atoms with E-state index >= 15 is 0 Å². The van der Waals surface area contributed by atoms with E-state index in [9.17, 15) is 14.7 Å². The Balaban J connectivity index is 1.47. The van der Waals surface area contributed by atoms with Crippen molar-refractivity contribution in [3.63, 3.8) is 0 Å². The summed E-state index contributed by atoms with van der Waals surface area (Å²) in [6, 6.07) is 15.6. The molecule has 1 aliphatic heterocycles. The summed E-state index contributed by atoms with van der Waals surface area (Å²) in [7, 11) is 0. The first-order valence-electron chi connectivity index (χ1n) is 12.4. The van der Waals surface area contributed by atoms with Gasteiger partial charge in [-0.15, -0.1) is 0 Å². The van der Waals surface area contributed by atoms with Crippen molar-refractivity contribution in [2.24, 2.45) is 4.99 Å². The van der Waals surface area contributed by atoms with Crippen LogP contribution in [0.5, 0.6) is 5.75 Å². The molecule has 0 aromatic heterocycles. The highest BCUT2D eigenvalue weighted by molar-refractivity contribution is 7.99. The van der Waals surface area contributed by atoms with Gasteiger partial charge in [0.2, 0.25) is 0 Å². The summed E-state index contributed by atoms with van der Waals surface area (Å²) in [6.07, 6.45) is 6.85. The van der Waals surface area contributed by atoms with E-state index in [0.717, 1.165) is 66.1 Å². The second kappa shape index (κ2) is 10.4. The van der Waals surface area contributed by atoms with E-state index in [2.05, 4.69) is 19.1 Å². The van der Waals surface area contributed by atoms with Gasteiger partial charge < -0.3 is 9.84 Å². The van der Waals surface area contributed by atoms with Gasteiger partial charge in [-0.3, -0.25) is 14.7 Å². The average molecular weight is 495 g/mol. The molecule has 1 N–H and O–H groups in total. The topological polar surface area (TPSA) is 79.2 Å². The van der Waals surface area contributed by atoms with Crippen LogP contribution in [-0.4, -0.2) is 38.9 Å². The standard InChI is InChI=1S/C28H34N2O4S/c1-4-5-12-24-29-28(17-8-9-18-28)25(31)30(24)19-20-13-15-21(16-14-20)35-23-11-7-6-10-22(23)34-27(2,3)26(32)33/h6-7,10-11,13-16H,4-5,8-9,12,17-19H2,1-3H3,(H,32,33). The zero-order chi connectivity index (χ0) is 25.1. The Kier molecular flexibility index (Phi) is 7.55. The van der Waals surface area contributed by atoms with Crippen molar-refractivity contribution < 1.29 is 19.4 Å². The minimum atomic E-state index is -1.32. The molecule has 1 spiro atoms. The summed E-state index contributed by atoms with van der Waals surface area (Å²) in [6.45, 7) is 5.79. The lowest BCUT2D eigenvalue weighted by atomic mass is 9.98. The molecule has 0 unspecified atom stereocenters. The monoisotopic (exact) mass is 494 g/mol. The van der Waals surface area contributed by atoms with Crippen molar-refractivity contribution in [3.05, 3.63) is 54.1 Å². The Bertz CT molecular complexity index is 1100. The summed E-state index contributed by atoms with van der Waals surface area (Å²) in [5, 5.41) is 9.42. The number of carbonyl (C=O) groups excluding carboxylic acids is 1. The van der Waals surface area contributed by atoms with Crippen molar-refractivity contribution in [1.29, 1.82) is 0 Å². The van der Waals surface area contributed by atoms with E-state index in [1.807, 2.05) is 35.2 Å². The lowest BCUT2D eigenvalue weighted by Gasteiger charge is -2.23. The molecule has 186 valence electrons. The molecule has 0 bridgehead atoms. The molecule has 35 heavy (non-hydrogen) atoms. The summed E-state index contributed by atoms with van der Waals surface area (Å²) < 4.78 is 5.80. The fourth-order valence-corrected chi connectivity index (χ4v) is 5.49. The van der Waals surface area contributed by atoms with Crippen LogP contribution >= 0.6 is 11.8 Å². The SMILES string of the molecule is CCCCC1=NC2(CCCC2)C(=O)N1Cc1ccc(Sc2ccccc2OC(C)(C)C(=O)O)cc1. The van der Waals surface area contributed by atoms with E-state index in [0.29, 0.717) is 12.3 Å². The van der Waals surface area contributed by atoms with E-state index in [1.54, 1.807) is 19.9 Å². The maximum Gasteiger partial charge on any atom is 0.347 e. The van der Waals surface area contributed by atoms with E-state index in [1.165, 1.54) is 11.8 Å². The van der Waals surface area contributed by atoms with Gasteiger partial charge in [0.1, 0.15) is 17.1 Å². The van der Waals surface area contributed by atoms with Gasteiger partial charge in [0.05, 0.1) is 11.4 Å². The van der Waals surface area contributed by atoms with Gasteiger partial charge in [-0.1, -0.05) is 62.2 Å². The molecule has 1 heterocycles. The molecule has 0 radical (unpaired) electrons. The number of unbranched alkanes of at least 4 members (excludes halogenated alkanes) is 1. The summed E-state index contributed by atoms with van der Waals surface area (Å²) >= 11 is 1.52. The number of carboxylic acids is 1. The molecule has 6 nitrogen and oxygen atoms in total. The van der Waals surface area contributed by atoms with Crippen LogP contribution < -0.4 is 4.74 Å². The van der Waals surface area contributed by atoms with Crippen LogP contribution in [0, 0.1) is 0 Å². The number of amides is 1. The van der Waals surface area contributed by atoms with Gasteiger partial charge in [-0.2, -0.15) is 0 Å². The van der Waals surface area contributed by atoms with Gasteiger partial charge in [0, 0.05) is 11.3 Å². The normalized spacial score (nSPS) is 17.2. The average Bonchev–Trinajstić information content (AvgIpc) is 3.40. The summed E-state index contributed by atoms with van der Waals surface area (Å²) in [4.78, 5) is 33.6. The predicted octanol–water partition coefficient (Wildman–Crippen LogP) is 6.32. The third-order valence-electron chi connectivity index (χ3n) is 6.70. The smallest absolute Gasteiger partial charge is 0.347 e. The number of hydrogen-bond acceptors (Lipinski definition) is 5. The van der Waals surface area contributed by atoms with Crippen LogP contribution in [0.3, 0.4) is 0 Å². The maximum absolute atomic E-state index is 13.4. The zero-order valence-corrected chi connectivity index (χ0v) is 21.6. The highest BCUT2D eigenvalue weighted by Crippen LogP contribution is 2.40. The molecular formula is C28H34N2O4S. The second-order valence-electron chi connectivity index (χ2n) is 9.87. The second-order valence-corrected chi connectivity index (χ2v) is 11.0. The zero-order valence-electron chi connectivity index (χ0n) is 20.8. The number of benzene rings is 2. The fourth-order valence-electron chi connectivity index (χ4n) is 4.61. The van der Waals surface area contributed by atoms with E-state index < -0.39 is 17.1 Å². The Morgan fingerprint density at radius 1 is 1.14 bits per heavy atom. The van der Waals surface area contributed by atoms with Crippen LogP contribution in [0.2, 0.25) is 0 Å².